The van der Waals surface area contributed by atoms with Crippen molar-refractivity contribution >= 4 is 11.9 Å². The van der Waals surface area contributed by atoms with Crippen LogP contribution in [0.2, 0.25) is 0 Å². The first-order valence-electron chi connectivity index (χ1n) is 8.43. The van der Waals surface area contributed by atoms with Crippen molar-refractivity contribution in [2.75, 3.05) is 20.3 Å². The van der Waals surface area contributed by atoms with Gasteiger partial charge in [-0.15, -0.1) is 0 Å². The molecule has 0 aliphatic heterocycles. The summed E-state index contributed by atoms with van der Waals surface area (Å²) in [7, 11) is 1.37. The number of carboxylic acid groups (broad SMARTS) is 2. The van der Waals surface area contributed by atoms with Crippen LogP contribution in [0.15, 0.2) is 48.5 Å². The molecule has 0 bridgehead atoms. The number of aromatic carboxylic acids is 1. The molecular weight excluding hydrogens is 352 g/mol. The van der Waals surface area contributed by atoms with Crippen LogP contribution in [0.25, 0.3) is 0 Å². The monoisotopic (exact) mass is 374 g/mol. The third-order valence-corrected chi connectivity index (χ3v) is 3.83. The average molecular weight is 374 g/mol. The summed E-state index contributed by atoms with van der Waals surface area (Å²) >= 11 is 0. The number of carboxylic acids is 2. The lowest BCUT2D eigenvalue weighted by Crippen LogP contribution is -2.24. The van der Waals surface area contributed by atoms with Crippen molar-refractivity contribution in [2.24, 2.45) is 0 Å². The molecule has 1 atom stereocenters. The van der Waals surface area contributed by atoms with Gasteiger partial charge in [-0.25, -0.2) is 9.59 Å². The lowest BCUT2D eigenvalue weighted by atomic mass is 10.1. The Kier molecular flexibility index (Phi) is 7.63. The zero-order valence-corrected chi connectivity index (χ0v) is 15.0. The smallest absolute Gasteiger partial charge is 0.335 e. The van der Waals surface area contributed by atoms with Gasteiger partial charge in [0.1, 0.15) is 11.5 Å². The van der Waals surface area contributed by atoms with E-state index in [1.807, 2.05) is 12.1 Å². The van der Waals surface area contributed by atoms with Gasteiger partial charge in [0.15, 0.2) is 6.10 Å². The normalized spacial score (nSPS) is 11.6. The van der Waals surface area contributed by atoms with Crippen LogP contribution in [0, 0.1) is 0 Å². The Morgan fingerprint density at radius 1 is 0.889 bits per heavy atom. The summed E-state index contributed by atoms with van der Waals surface area (Å²) in [6, 6.07) is 13.4. The summed E-state index contributed by atoms with van der Waals surface area (Å²) in [4.78, 5) is 21.7. The standard InChI is InChI=1S/C20H22O7/c1-25-18(20(23)24)13-14-3-7-16(8-4-14)26-11-2-12-27-17-9-5-15(6-10-17)19(21)22/h3-10,18H,2,11-13H2,1H3,(H,21,22)(H,23,24)/t18-/m0/s1. The molecule has 0 saturated heterocycles. The highest BCUT2D eigenvalue weighted by atomic mass is 16.5. The van der Waals surface area contributed by atoms with E-state index in [0.29, 0.717) is 37.6 Å². The van der Waals surface area contributed by atoms with Crippen molar-refractivity contribution in [1.82, 2.24) is 0 Å². The van der Waals surface area contributed by atoms with E-state index in [1.54, 1.807) is 24.3 Å². The fraction of sp³-hybridized carbons (Fsp3) is 0.300. The number of benzene rings is 2. The van der Waals surface area contributed by atoms with Gasteiger partial charge >= 0.3 is 11.9 Å². The molecule has 0 saturated carbocycles. The Labute approximate surface area is 157 Å². The van der Waals surface area contributed by atoms with Crippen molar-refractivity contribution in [3.05, 3.63) is 59.7 Å². The van der Waals surface area contributed by atoms with E-state index in [9.17, 15) is 9.59 Å². The minimum Gasteiger partial charge on any atom is -0.493 e. The Bertz CT molecular complexity index is 738. The second-order valence-corrected chi connectivity index (χ2v) is 5.79. The second kappa shape index (κ2) is 10.2. The molecule has 0 aliphatic rings. The molecule has 27 heavy (non-hydrogen) atoms. The number of methoxy groups -OCH3 is 1. The van der Waals surface area contributed by atoms with Gasteiger partial charge in [0.05, 0.1) is 18.8 Å². The molecule has 0 fully saturated rings. The molecule has 7 nitrogen and oxygen atoms in total. The van der Waals surface area contributed by atoms with Crippen LogP contribution in [0.1, 0.15) is 22.3 Å². The number of hydrogen-bond donors (Lipinski definition) is 2. The van der Waals surface area contributed by atoms with Crippen molar-refractivity contribution in [1.29, 1.82) is 0 Å². The van der Waals surface area contributed by atoms with Crippen molar-refractivity contribution in [3.63, 3.8) is 0 Å². The maximum atomic E-state index is 11.0. The maximum absolute atomic E-state index is 11.0. The van der Waals surface area contributed by atoms with Gasteiger partial charge in [0.25, 0.3) is 0 Å². The van der Waals surface area contributed by atoms with E-state index in [1.165, 1.54) is 19.2 Å². The van der Waals surface area contributed by atoms with E-state index in [4.69, 9.17) is 24.4 Å². The van der Waals surface area contributed by atoms with E-state index in [0.717, 1.165) is 5.56 Å². The summed E-state index contributed by atoms with van der Waals surface area (Å²) in [5.41, 5.74) is 1.07. The molecule has 0 heterocycles. The number of aliphatic carboxylic acids is 1. The number of carbonyl (C=O) groups is 2. The highest BCUT2D eigenvalue weighted by molar-refractivity contribution is 5.87. The third kappa shape index (κ3) is 6.63. The Balaban J connectivity index is 1.69. The highest BCUT2D eigenvalue weighted by Crippen LogP contribution is 2.15. The van der Waals surface area contributed by atoms with Crippen molar-refractivity contribution in [2.45, 2.75) is 18.9 Å². The molecule has 0 aliphatic carbocycles. The van der Waals surface area contributed by atoms with Crippen LogP contribution in [0.5, 0.6) is 11.5 Å². The maximum Gasteiger partial charge on any atom is 0.335 e. The van der Waals surface area contributed by atoms with Crippen LogP contribution < -0.4 is 9.47 Å². The fourth-order valence-corrected chi connectivity index (χ4v) is 2.34. The Morgan fingerprint density at radius 2 is 1.41 bits per heavy atom. The first kappa shape index (κ1) is 20.3. The minimum absolute atomic E-state index is 0.217. The summed E-state index contributed by atoms with van der Waals surface area (Å²) < 4.78 is 16.1. The van der Waals surface area contributed by atoms with Gasteiger partial charge in [0.2, 0.25) is 0 Å². The van der Waals surface area contributed by atoms with Gasteiger partial charge in [-0.1, -0.05) is 12.1 Å². The third-order valence-electron chi connectivity index (χ3n) is 3.83. The quantitative estimate of drug-likeness (QED) is 0.583. The van der Waals surface area contributed by atoms with Crippen LogP contribution in [0.4, 0.5) is 0 Å². The molecule has 2 rings (SSSR count). The largest absolute Gasteiger partial charge is 0.493 e. The van der Waals surface area contributed by atoms with Crippen molar-refractivity contribution in [3.8, 4) is 11.5 Å². The van der Waals surface area contributed by atoms with E-state index in [2.05, 4.69) is 0 Å². The Hall–Kier alpha value is -3.06. The van der Waals surface area contributed by atoms with Crippen LogP contribution in [0.3, 0.4) is 0 Å². The SMILES string of the molecule is CO[C@@H](Cc1ccc(OCCCOc2ccc(C(=O)O)cc2)cc1)C(=O)O. The zero-order valence-electron chi connectivity index (χ0n) is 15.0. The molecule has 0 unspecified atom stereocenters. The number of ether oxygens (including phenoxy) is 3. The fourth-order valence-electron chi connectivity index (χ4n) is 2.34. The van der Waals surface area contributed by atoms with Crippen molar-refractivity contribution < 1.29 is 34.0 Å². The molecule has 7 heteroatoms. The van der Waals surface area contributed by atoms with E-state index < -0.39 is 18.0 Å². The molecule has 0 spiro atoms. The van der Waals surface area contributed by atoms with Crippen LogP contribution in [-0.4, -0.2) is 48.6 Å². The summed E-state index contributed by atoms with van der Waals surface area (Å²) in [6.07, 6.45) is 0.0897. The van der Waals surface area contributed by atoms with E-state index in [-0.39, 0.29) is 5.56 Å². The van der Waals surface area contributed by atoms with Crippen LogP contribution >= 0.6 is 0 Å². The molecule has 0 radical (unpaired) electrons. The van der Waals surface area contributed by atoms with Gasteiger partial charge in [-0.3, -0.25) is 0 Å². The first-order chi connectivity index (χ1) is 13.0. The first-order valence-corrected chi connectivity index (χ1v) is 8.43. The minimum atomic E-state index is -0.990. The zero-order chi connectivity index (χ0) is 19.6. The van der Waals surface area contributed by atoms with Gasteiger partial charge < -0.3 is 24.4 Å². The summed E-state index contributed by atoms with van der Waals surface area (Å²) in [6.45, 7) is 0.904. The van der Waals surface area contributed by atoms with Gasteiger partial charge in [0, 0.05) is 20.0 Å². The highest BCUT2D eigenvalue weighted by Gasteiger charge is 2.16. The lowest BCUT2D eigenvalue weighted by molar-refractivity contribution is -0.148. The second-order valence-electron chi connectivity index (χ2n) is 5.79. The van der Waals surface area contributed by atoms with Gasteiger partial charge in [-0.2, -0.15) is 0 Å². The number of rotatable bonds is 11. The predicted molar refractivity (Wildman–Crippen MR) is 97.6 cm³/mol. The molecular formula is C20H22O7. The van der Waals surface area contributed by atoms with Gasteiger partial charge in [-0.05, 0) is 42.0 Å². The molecule has 144 valence electrons. The van der Waals surface area contributed by atoms with Crippen LogP contribution in [-0.2, 0) is 16.0 Å². The predicted octanol–water partition coefficient (Wildman–Crippen LogP) is 2.87. The average Bonchev–Trinajstić information content (AvgIpc) is 2.67. The Morgan fingerprint density at radius 3 is 1.85 bits per heavy atom. The topological polar surface area (TPSA) is 102 Å². The lowest BCUT2D eigenvalue weighted by Gasteiger charge is -2.11. The van der Waals surface area contributed by atoms with E-state index >= 15 is 0 Å². The molecule has 2 aromatic rings. The molecule has 0 aromatic heterocycles. The molecule has 0 amide bonds. The number of hydrogen-bond acceptors (Lipinski definition) is 5. The molecule has 2 aromatic carbocycles. The summed E-state index contributed by atoms with van der Waals surface area (Å²) in [5.74, 6) is -0.665. The molecule has 2 N–H and O–H groups in total. The summed E-state index contributed by atoms with van der Waals surface area (Å²) in [5, 5.41) is 17.8.